The number of carbonyl (C=O) groups excluding carboxylic acids is 4. The average Bonchev–Trinajstić information content (AvgIpc) is 3.59. The Kier molecular flexibility index (Phi) is 7.59. The average molecular weight is 610 g/mol. The largest absolute Gasteiger partial charge is 0.446 e. The zero-order chi connectivity index (χ0) is 31.8. The summed E-state index contributed by atoms with van der Waals surface area (Å²) in [7, 11) is 0. The number of amides is 3. The molecule has 0 aromatic heterocycles. The van der Waals surface area contributed by atoms with Crippen LogP contribution in [0.15, 0.2) is 0 Å². The molecule has 3 N–H and O–H groups in total. The van der Waals surface area contributed by atoms with E-state index in [0.717, 1.165) is 12.8 Å². The van der Waals surface area contributed by atoms with Gasteiger partial charge in [0.1, 0.15) is 24.0 Å². The molecule has 0 unspecified atom stereocenters. The van der Waals surface area contributed by atoms with Crippen LogP contribution in [0.5, 0.6) is 0 Å². The maximum atomic E-state index is 13.8. The van der Waals surface area contributed by atoms with E-state index in [2.05, 4.69) is 35.9 Å². The number of nitrogens with one attached hydrogen (secondary N) is 3. The molecule has 2 saturated heterocycles. The molecule has 2 aliphatic heterocycles. The van der Waals surface area contributed by atoms with Crippen LogP contribution in [-0.4, -0.2) is 77.6 Å². The van der Waals surface area contributed by atoms with Crippen molar-refractivity contribution in [2.24, 2.45) is 34.5 Å². The van der Waals surface area contributed by atoms with Gasteiger partial charge in [-0.15, -0.1) is 0 Å². The zero-order valence-corrected chi connectivity index (χ0v) is 25.3. The van der Waals surface area contributed by atoms with Gasteiger partial charge in [-0.05, 0) is 61.2 Å². The second kappa shape index (κ2) is 10.3. The van der Waals surface area contributed by atoms with Crippen LogP contribution in [0, 0.1) is 45.8 Å². The topological polar surface area (TPSA) is 141 Å². The number of hydrogen-bond donors (Lipinski definition) is 3. The molecule has 2 heterocycles. The molecule has 10 nitrogen and oxygen atoms in total. The number of nitrogens with zero attached hydrogens (tertiary/aromatic N) is 2. The predicted octanol–water partition coefficient (Wildman–Crippen LogP) is 3.06. The van der Waals surface area contributed by atoms with Crippen molar-refractivity contribution in [2.75, 3.05) is 13.1 Å². The summed E-state index contributed by atoms with van der Waals surface area (Å²) in [6.45, 7) is 9.86. The minimum atomic E-state index is -4.35. The predicted molar refractivity (Wildman–Crippen MR) is 147 cm³/mol. The van der Waals surface area contributed by atoms with Crippen molar-refractivity contribution in [1.29, 1.82) is 5.26 Å². The molecular formula is C30H42F3N5O5. The van der Waals surface area contributed by atoms with Crippen LogP contribution in [0.3, 0.4) is 0 Å². The molecule has 238 valence electrons. The van der Waals surface area contributed by atoms with Gasteiger partial charge in [0, 0.05) is 24.5 Å². The van der Waals surface area contributed by atoms with Gasteiger partial charge < -0.3 is 25.5 Å². The smallest absolute Gasteiger partial charge is 0.408 e. The molecule has 1 spiro atoms. The highest BCUT2D eigenvalue weighted by Crippen LogP contribution is 2.65. The highest BCUT2D eigenvalue weighted by Gasteiger charge is 2.69. The molecule has 3 amide bonds. The summed E-state index contributed by atoms with van der Waals surface area (Å²) in [5, 5.41) is 18.4. The van der Waals surface area contributed by atoms with Crippen LogP contribution in [0.4, 0.5) is 18.0 Å². The molecule has 5 fully saturated rings. The van der Waals surface area contributed by atoms with Gasteiger partial charge in [-0.1, -0.05) is 34.6 Å². The lowest BCUT2D eigenvalue weighted by Gasteiger charge is -2.45. The second-order valence-electron chi connectivity index (χ2n) is 15.1. The number of aldehydes is 1. The number of rotatable bonds is 9. The van der Waals surface area contributed by atoms with E-state index >= 15 is 0 Å². The Morgan fingerprint density at radius 2 is 1.88 bits per heavy atom. The number of ether oxygens (including phenoxy) is 1. The first-order valence-electron chi connectivity index (χ1n) is 15.1. The fraction of sp³-hybridized carbons (Fsp3) is 0.833. The quantitative estimate of drug-likeness (QED) is 0.342. The molecule has 5 aliphatic rings. The van der Waals surface area contributed by atoms with Crippen molar-refractivity contribution in [1.82, 2.24) is 20.9 Å². The van der Waals surface area contributed by atoms with E-state index in [4.69, 9.17) is 4.74 Å². The van der Waals surface area contributed by atoms with Crippen LogP contribution in [0.2, 0.25) is 0 Å². The standard InChI is InChI=1S/C30H42F3N5O5/c1-26(2,3)29(15-39,37-25(42)43-19-9-17(10-19)30(31,32)33)14-38-13-20-21(27(20,4)5)22(38)24(41)35-18(12-34)8-16-11-28(6-7-28)36-23(16)40/h15-22H,6-11,13-14H2,1-5H3,(H,35,41)(H,36,40)(H,37,42)/t16-,17?,18+,19?,20+,21+,22+,29-/m1/s1. The maximum Gasteiger partial charge on any atom is 0.408 e. The van der Waals surface area contributed by atoms with Gasteiger partial charge in [0.15, 0.2) is 0 Å². The monoisotopic (exact) mass is 609 g/mol. The van der Waals surface area contributed by atoms with Crippen molar-refractivity contribution in [3.63, 3.8) is 0 Å². The van der Waals surface area contributed by atoms with Crippen LogP contribution in [-0.2, 0) is 19.1 Å². The van der Waals surface area contributed by atoms with Gasteiger partial charge in [-0.3, -0.25) is 14.5 Å². The third-order valence-electron chi connectivity index (χ3n) is 11.0. The highest BCUT2D eigenvalue weighted by atomic mass is 19.4. The van der Waals surface area contributed by atoms with Crippen LogP contribution < -0.4 is 16.0 Å². The minimum absolute atomic E-state index is 0.0309. The number of carbonyl (C=O) groups is 4. The summed E-state index contributed by atoms with van der Waals surface area (Å²) >= 11 is 0. The number of halogens is 3. The molecule has 0 bridgehead atoms. The Hall–Kier alpha value is -2.88. The van der Waals surface area contributed by atoms with Gasteiger partial charge in [0.05, 0.1) is 18.0 Å². The lowest BCUT2D eigenvalue weighted by molar-refractivity contribution is -0.213. The highest BCUT2D eigenvalue weighted by molar-refractivity contribution is 5.85. The van der Waals surface area contributed by atoms with E-state index in [0.29, 0.717) is 19.3 Å². The number of likely N-dealkylation sites (tertiary alicyclic amines) is 1. The third kappa shape index (κ3) is 5.83. The second-order valence-corrected chi connectivity index (χ2v) is 15.1. The van der Waals surface area contributed by atoms with Gasteiger partial charge >= 0.3 is 12.3 Å². The lowest BCUT2D eigenvalue weighted by Crippen LogP contribution is -2.66. The van der Waals surface area contributed by atoms with Crippen LogP contribution >= 0.6 is 0 Å². The minimum Gasteiger partial charge on any atom is -0.446 e. The molecule has 6 atom stereocenters. The first-order chi connectivity index (χ1) is 19.8. The fourth-order valence-corrected chi connectivity index (χ4v) is 7.50. The first-order valence-corrected chi connectivity index (χ1v) is 15.1. The van der Waals surface area contributed by atoms with E-state index in [1.807, 2.05) is 4.90 Å². The van der Waals surface area contributed by atoms with E-state index < -0.39 is 47.3 Å². The Labute approximate surface area is 249 Å². The van der Waals surface area contributed by atoms with E-state index in [-0.39, 0.29) is 66.3 Å². The third-order valence-corrected chi connectivity index (χ3v) is 11.0. The molecule has 0 aromatic carbocycles. The van der Waals surface area contributed by atoms with E-state index in [1.54, 1.807) is 20.8 Å². The Morgan fingerprint density at radius 1 is 1.23 bits per heavy atom. The van der Waals surface area contributed by atoms with Gasteiger partial charge in [0.25, 0.3) is 0 Å². The summed E-state index contributed by atoms with van der Waals surface area (Å²) in [5.41, 5.74) is -2.65. The maximum absolute atomic E-state index is 13.8. The van der Waals surface area contributed by atoms with E-state index in [9.17, 15) is 37.6 Å². The summed E-state index contributed by atoms with van der Waals surface area (Å²) in [6, 6.07) is 0.591. The molecule has 13 heteroatoms. The lowest BCUT2D eigenvalue weighted by atomic mass is 9.73. The first kappa shape index (κ1) is 31.5. The summed E-state index contributed by atoms with van der Waals surface area (Å²) in [6.07, 6.45) is -3.53. The Balaban J connectivity index is 1.27. The molecule has 0 aromatic rings. The number of hydrogen-bond acceptors (Lipinski definition) is 7. The summed E-state index contributed by atoms with van der Waals surface area (Å²) in [5.74, 6) is -2.21. The Bertz CT molecular complexity index is 1220. The molecule has 3 saturated carbocycles. The fourth-order valence-electron chi connectivity index (χ4n) is 7.50. The van der Waals surface area contributed by atoms with Gasteiger partial charge in [-0.2, -0.15) is 18.4 Å². The van der Waals surface area contributed by atoms with Crippen molar-refractivity contribution in [3.8, 4) is 6.07 Å². The Morgan fingerprint density at radius 3 is 2.40 bits per heavy atom. The van der Waals surface area contributed by atoms with E-state index in [1.165, 1.54) is 0 Å². The van der Waals surface area contributed by atoms with Crippen molar-refractivity contribution < 1.29 is 37.1 Å². The summed E-state index contributed by atoms with van der Waals surface area (Å²) < 4.78 is 43.9. The molecule has 3 aliphatic carbocycles. The number of alkyl halides is 3. The number of alkyl carbamates (subject to hydrolysis) is 1. The van der Waals surface area contributed by atoms with Crippen molar-refractivity contribution in [3.05, 3.63) is 0 Å². The molecule has 5 rings (SSSR count). The van der Waals surface area contributed by atoms with Crippen molar-refractivity contribution >= 4 is 24.2 Å². The van der Waals surface area contributed by atoms with Crippen LogP contribution in [0.1, 0.15) is 73.1 Å². The molecule has 43 heavy (non-hydrogen) atoms. The number of nitriles is 1. The molecular weight excluding hydrogens is 567 g/mol. The van der Waals surface area contributed by atoms with Gasteiger partial charge in [-0.25, -0.2) is 4.79 Å². The number of piperidine rings is 1. The van der Waals surface area contributed by atoms with Gasteiger partial charge in [0.2, 0.25) is 11.8 Å². The number of fused-ring (bicyclic) bond motifs is 1. The summed E-state index contributed by atoms with van der Waals surface area (Å²) in [4.78, 5) is 53.7. The normalized spacial score (nSPS) is 34.1. The zero-order valence-electron chi connectivity index (χ0n) is 25.3. The molecule has 0 radical (unpaired) electrons. The van der Waals surface area contributed by atoms with Crippen molar-refractivity contribution in [2.45, 2.75) is 109 Å². The van der Waals surface area contributed by atoms with Crippen LogP contribution in [0.25, 0.3) is 0 Å². The SMILES string of the molecule is CC1(C)[C@@H]2[C@@H](C(=O)N[C@H](C#N)C[C@@H]3CC4(CC4)NC3=O)N(C[C@](C=O)(NC(=O)OC3CC(C(F)(F)F)C3)C(C)(C)C)C[C@@H]21.